The quantitative estimate of drug-likeness (QED) is 0.779. The first kappa shape index (κ1) is 12.5. The molecule has 0 aliphatic carbocycles. The molecule has 0 radical (unpaired) electrons. The molecule has 88 valence electrons. The van der Waals surface area contributed by atoms with Crippen molar-refractivity contribution < 1.29 is 9.90 Å². The fourth-order valence-corrected chi connectivity index (χ4v) is 2.46. The molecule has 3 atom stereocenters. The van der Waals surface area contributed by atoms with Crippen molar-refractivity contribution in [1.29, 1.82) is 0 Å². The fraction of sp³-hybridized carbons (Fsp3) is 0.917. The standard InChI is InChI=1S/C12H23NO2/c1-4-5-11(12(14)15)13-8-9(2)6-7-10(13)3/h9-11H,4-8H2,1-3H3,(H,14,15). The van der Waals surface area contributed by atoms with Gasteiger partial charge in [0.15, 0.2) is 0 Å². The van der Waals surface area contributed by atoms with E-state index in [1.165, 1.54) is 6.42 Å². The Bertz CT molecular complexity index is 218. The molecule has 0 aromatic carbocycles. The van der Waals surface area contributed by atoms with Crippen molar-refractivity contribution in [2.24, 2.45) is 5.92 Å². The molecule has 0 amide bonds. The molecule has 3 unspecified atom stereocenters. The van der Waals surface area contributed by atoms with Crippen LogP contribution in [0.4, 0.5) is 0 Å². The maximum Gasteiger partial charge on any atom is 0.320 e. The summed E-state index contributed by atoms with van der Waals surface area (Å²) in [7, 11) is 0. The van der Waals surface area contributed by atoms with Gasteiger partial charge < -0.3 is 5.11 Å². The summed E-state index contributed by atoms with van der Waals surface area (Å²) in [4.78, 5) is 13.4. The van der Waals surface area contributed by atoms with E-state index in [0.29, 0.717) is 12.0 Å². The number of nitrogens with zero attached hydrogens (tertiary/aromatic N) is 1. The lowest BCUT2D eigenvalue weighted by atomic mass is 9.92. The van der Waals surface area contributed by atoms with E-state index in [-0.39, 0.29) is 6.04 Å². The molecule has 1 fully saturated rings. The van der Waals surface area contributed by atoms with Gasteiger partial charge in [0.05, 0.1) is 0 Å². The van der Waals surface area contributed by atoms with Gasteiger partial charge in [0.1, 0.15) is 6.04 Å². The molecule has 1 saturated heterocycles. The molecule has 1 N–H and O–H groups in total. The minimum absolute atomic E-state index is 0.271. The van der Waals surface area contributed by atoms with Crippen LogP contribution in [0.2, 0.25) is 0 Å². The largest absolute Gasteiger partial charge is 0.480 e. The molecule has 1 aliphatic rings. The lowest BCUT2D eigenvalue weighted by Gasteiger charge is -2.40. The van der Waals surface area contributed by atoms with Crippen LogP contribution in [-0.2, 0) is 4.79 Å². The summed E-state index contributed by atoms with van der Waals surface area (Å²) in [5.41, 5.74) is 0. The maximum absolute atomic E-state index is 11.2. The summed E-state index contributed by atoms with van der Waals surface area (Å²) in [6, 6.07) is 0.154. The van der Waals surface area contributed by atoms with E-state index in [4.69, 9.17) is 0 Å². The predicted molar refractivity (Wildman–Crippen MR) is 60.9 cm³/mol. The molecular weight excluding hydrogens is 190 g/mol. The first-order valence-electron chi connectivity index (χ1n) is 6.04. The SMILES string of the molecule is CCCC(C(=O)O)N1CC(C)CCC1C. The second-order valence-electron chi connectivity index (χ2n) is 4.87. The van der Waals surface area contributed by atoms with Crippen LogP contribution in [0.1, 0.15) is 46.5 Å². The molecule has 1 rings (SSSR count). The Balaban J connectivity index is 2.67. The summed E-state index contributed by atoms with van der Waals surface area (Å²) in [5, 5.41) is 9.22. The van der Waals surface area contributed by atoms with Crippen LogP contribution in [0.15, 0.2) is 0 Å². The lowest BCUT2D eigenvalue weighted by molar-refractivity contribution is -0.145. The smallest absolute Gasteiger partial charge is 0.320 e. The zero-order valence-electron chi connectivity index (χ0n) is 10.1. The van der Waals surface area contributed by atoms with Crippen LogP contribution in [0.5, 0.6) is 0 Å². The number of aliphatic carboxylic acids is 1. The number of hydrogen-bond acceptors (Lipinski definition) is 2. The molecule has 15 heavy (non-hydrogen) atoms. The average molecular weight is 213 g/mol. The molecule has 0 aromatic rings. The van der Waals surface area contributed by atoms with Crippen LogP contribution < -0.4 is 0 Å². The zero-order valence-corrected chi connectivity index (χ0v) is 10.1. The number of likely N-dealkylation sites (tertiary alicyclic amines) is 1. The lowest BCUT2D eigenvalue weighted by Crippen LogP contribution is -2.50. The van der Waals surface area contributed by atoms with E-state index in [9.17, 15) is 9.90 Å². The molecular formula is C12H23NO2. The Morgan fingerprint density at radius 2 is 2.13 bits per heavy atom. The van der Waals surface area contributed by atoms with Gasteiger partial charge in [-0.3, -0.25) is 9.69 Å². The third kappa shape index (κ3) is 3.20. The zero-order chi connectivity index (χ0) is 11.4. The number of hydrogen-bond donors (Lipinski definition) is 1. The molecule has 0 aromatic heterocycles. The number of carboxylic acids is 1. The van der Waals surface area contributed by atoms with Gasteiger partial charge >= 0.3 is 5.97 Å². The molecule has 0 saturated carbocycles. The predicted octanol–water partition coefficient (Wildman–Crippen LogP) is 2.36. The third-order valence-corrected chi connectivity index (χ3v) is 3.41. The van der Waals surface area contributed by atoms with Crippen LogP contribution in [0, 0.1) is 5.92 Å². The highest BCUT2D eigenvalue weighted by atomic mass is 16.4. The Morgan fingerprint density at radius 1 is 1.47 bits per heavy atom. The van der Waals surface area contributed by atoms with Crippen molar-refractivity contribution in [2.45, 2.75) is 58.5 Å². The van der Waals surface area contributed by atoms with Crippen LogP contribution in [0.25, 0.3) is 0 Å². The Labute approximate surface area is 92.5 Å². The van der Waals surface area contributed by atoms with Crippen molar-refractivity contribution in [2.75, 3.05) is 6.54 Å². The highest BCUT2D eigenvalue weighted by Gasteiger charge is 2.32. The number of carboxylic acid groups (broad SMARTS) is 1. The number of rotatable bonds is 4. The summed E-state index contributed by atoms with van der Waals surface area (Å²) in [6.45, 7) is 7.35. The van der Waals surface area contributed by atoms with Gasteiger partial charge in [-0.15, -0.1) is 0 Å². The van der Waals surface area contributed by atoms with Gasteiger partial charge in [0, 0.05) is 12.6 Å². The van der Waals surface area contributed by atoms with Gasteiger partial charge in [-0.1, -0.05) is 20.3 Å². The van der Waals surface area contributed by atoms with E-state index in [0.717, 1.165) is 25.8 Å². The van der Waals surface area contributed by atoms with E-state index in [2.05, 4.69) is 18.7 Å². The van der Waals surface area contributed by atoms with Gasteiger partial charge in [0.2, 0.25) is 0 Å². The van der Waals surface area contributed by atoms with Crippen LogP contribution >= 0.6 is 0 Å². The number of carbonyl (C=O) groups is 1. The second-order valence-corrected chi connectivity index (χ2v) is 4.87. The first-order valence-corrected chi connectivity index (χ1v) is 6.04. The molecule has 3 heteroatoms. The van der Waals surface area contributed by atoms with Crippen molar-refractivity contribution in [1.82, 2.24) is 4.90 Å². The highest BCUT2D eigenvalue weighted by Crippen LogP contribution is 2.25. The molecule has 0 spiro atoms. The van der Waals surface area contributed by atoms with E-state index >= 15 is 0 Å². The van der Waals surface area contributed by atoms with Gasteiger partial charge in [-0.05, 0) is 32.1 Å². The van der Waals surface area contributed by atoms with Crippen molar-refractivity contribution in [3.05, 3.63) is 0 Å². The van der Waals surface area contributed by atoms with Crippen molar-refractivity contribution >= 4 is 5.97 Å². The van der Waals surface area contributed by atoms with Crippen molar-refractivity contribution in [3.63, 3.8) is 0 Å². The van der Waals surface area contributed by atoms with E-state index in [1.807, 2.05) is 6.92 Å². The Morgan fingerprint density at radius 3 is 2.67 bits per heavy atom. The maximum atomic E-state index is 11.2. The highest BCUT2D eigenvalue weighted by molar-refractivity contribution is 5.73. The topological polar surface area (TPSA) is 40.5 Å². The summed E-state index contributed by atoms with van der Waals surface area (Å²) >= 11 is 0. The average Bonchev–Trinajstić information content (AvgIpc) is 2.18. The Hall–Kier alpha value is -0.570. The minimum atomic E-state index is -0.655. The van der Waals surface area contributed by atoms with Gasteiger partial charge in [0.25, 0.3) is 0 Å². The number of piperidine rings is 1. The van der Waals surface area contributed by atoms with Crippen molar-refractivity contribution in [3.8, 4) is 0 Å². The summed E-state index contributed by atoms with van der Waals surface area (Å²) in [5.74, 6) is -0.0160. The molecule has 1 aliphatic heterocycles. The van der Waals surface area contributed by atoms with E-state index < -0.39 is 5.97 Å². The second kappa shape index (κ2) is 5.50. The molecule has 3 nitrogen and oxygen atoms in total. The minimum Gasteiger partial charge on any atom is -0.480 e. The first-order chi connectivity index (χ1) is 7.06. The fourth-order valence-electron chi connectivity index (χ4n) is 2.46. The van der Waals surface area contributed by atoms with Gasteiger partial charge in [-0.2, -0.15) is 0 Å². The van der Waals surface area contributed by atoms with Crippen LogP contribution in [-0.4, -0.2) is 34.6 Å². The van der Waals surface area contributed by atoms with Crippen LogP contribution in [0.3, 0.4) is 0 Å². The summed E-state index contributed by atoms with van der Waals surface area (Å²) in [6.07, 6.45) is 4.08. The van der Waals surface area contributed by atoms with Gasteiger partial charge in [-0.25, -0.2) is 0 Å². The third-order valence-electron chi connectivity index (χ3n) is 3.41. The monoisotopic (exact) mass is 213 g/mol. The summed E-state index contributed by atoms with van der Waals surface area (Å²) < 4.78 is 0. The normalized spacial score (nSPS) is 30.1. The molecule has 0 bridgehead atoms. The molecule has 1 heterocycles. The van der Waals surface area contributed by atoms with E-state index in [1.54, 1.807) is 0 Å². The Kier molecular flexibility index (Phi) is 4.58.